The molecule has 1 aliphatic heterocycles. The highest BCUT2D eigenvalue weighted by molar-refractivity contribution is 4.99. The van der Waals surface area contributed by atoms with E-state index in [1.807, 2.05) is 7.05 Å². The number of aliphatic hydroxyl groups excluding tert-OH is 1. The van der Waals surface area contributed by atoms with Gasteiger partial charge in [0.25, 0.3) is 0 Å². The van der Waals surface area contributed by atoms with Crippen molar-refractivity contribution in [2.24, 2.45) is 0 Å². The zero-order valence-electron chi connectivity index (χ0n) is 12.0. The molecule has 2 aliphatic rings. The van der Waals surface area contributed by atoms with Crippen LogP contribution in [0, 0.1) is 0 Å². The minimum Gasteiger partial charge on any atom is -0.394 e. The zero-order valence-corrected chi connectivity index (χ0v) is 12.0. The summed E-state index contributed by atoms with van der Waals surface area (Å²) < 4.78 is 5.60. The molecule has 1 heterocycles. The lowest BCUT2D eigenvalue weighted by Crippen LogP contribution is -2.62. The summed E-state index contributed by atoms with van der Waals surface area (Å²) in [5.41, 5.74) is 0.0481. The first-order chi connectivity index (χ1) is 8.53. The number of nitrogens with zero attached hydrogens (tertiary/aromatic N) is 1. The number of hydrogen-bond donors (Lipinski definition) is 2. The van der Waals surface area contributed by atoms with Gasteiger partial charge in [0, 0.05) is 23.7 Å². The Balaban J connectivity index is 2.08. The maximum atomic E-state index is 9.68. The topological polar surface area (TPSA) is 44.7 Å². The predicted molar refractivity (Wildman–Crippen MR) is 72.7 cm³/mol. The van der Waals surface area contributed by atoms with E-state index >= 15 is 0 Å². The maximum absolute atomic E-state index is 9.68. The van der Waals surface area contributed by atoms with Crippen LogP contribution in [0.1, 0.15) is 39.5 Å². The predicted octanol–water partition coefficient (Wildman–Crippen LogP) is 0.990. The van der Waals surface area contributed by atoms with Crippen LogP contribution in [-0.4, -0.2) is 60.5 Å². The molecule has 106 valence electrons. The van der Waals surface area contributed by atoms with Gasteiger partial charge in [-0.05, 0) is 46.6 Å². The maximum Gasteiger partial charge on any atom is 0.0645 e. The van der Waals surface area contributed by atoms with E-state index in [9.17, 15) is 5.11 Å². The summed E-state index contributed by atoms with van der Waals surface area (Å²) in [6.45, 7) is 7.44. The fourth-order valence-electron chi connectivity index (χ4n) is 3.59. The summed E-state index contributed by atoms with van der Waals surface area (Å²) in [4.78, 5) is 2.59. The molecule has 4 heteroatoms. The van der Waals surface area contributed by atoms with Gasteiger partial charge in [-0.2, -0.15) is 0 Å². The monoisotopic (exact) mass is 256 g/mol. The van der Waals surface area contributed by atoms with E-state index < -0.39 is 0 Å². The van der Waals surface area contributed by atoms with E-state index in [-0.39, 0.29) is 17.7 Å². The van der Waals surface area contributed by atoms with Gasteiger partial charge >= 0.3 is 0 Å². The van der Waals surface area contributed by atoms with Gasteiger partial charge in [-0.1, -0.05) is 0 Å². The molecular formula is C14H28N2O2. The molecule has 1 aliphatic carbocycles. The van der Waals surface area contributed by atoms with Crippen molar-refractivity contribution in [1.82, 2.24) is 10.2 Å². The highest BCUT2D eigenvalue weighted by Crippen LogP contribution is 2.34. The lowest BCUT2D eigenvalue weighted by atomic mass is 9.77. The van der Waals surface area contributed by atoms with Gasteiger partial charge in [-0.3, -0.25) is 4.90 Å². The molecule has 18 heavy (non-hydrogen) atoms. The zero-order chi connectivity index (χ0) is 13.2. The second-order valence-electron chi connectivity index (χ2n) is 6.50. The minimum absolute atomic E-state index is 0.0721. The molecule has 1 saturated heterocycles. The van der Waals surface area contributed by atoms with Crippen LogP contribution < -0.4 is 5.32 Å². The van der Waals surface area contributed by atoms with E-state index in [0.29, 0.717) is 6.04 Å². The smallest absolute Gasteiger partial charge is 0.0645 e. The first-order valence-electron chi connectivity index (χ1n) is 7.17. The number of hydrogen-bond acceptors (Lipinski definition) is 4. The van der Waals surface area contributed by atoms with Crippen LogP contribution in [0.5, 0.6) is 0 Å². The Hall–Kier alpha value is -0.160. The van der Waals surface area contributed by atoms with E-state index in [0.717, 1.165) is 32.6 Å². The van der Waals surface area contributed by atoms with Crippen LogP contribution in [0.2, 0.25) is 0 Å². The Kier molecular flexibility index (Phi) is 4.32. The van der Waals surface area contributed by atoms with E-state index in [2.05, 4.69) is 24.1 Å². The van der Waals surface area contributed by atoms with Crippen molar-refractivity contribution < 1.29 is 9.84 Å². The molecule has 2 N–H and O–H groups in total. The third-order valence-corrected chi connectivity index (χ3v) is 4.80. The lowest BCUT2D eigenvalue weighted by Gasteiger charge is -2.51. The van der Waals surface area contributed by atoms with Gasteiger partial charge in [-0.15, -0.1) is 0 Å². The van der Waals surface area contributed by atoms with Gasteiger partial charge in [0.2, 0.25) is 0 Å². The first kappa shape index (κ1) is 14.3. The second-order valence-corrected chi connectivity index (χ2v) is 6.50. The molecule has 2 fully saturated rings. The third kappa shape index (κ3) is 2.72. The summed E-state index contributed by atoms with van der Waals surface area (Å²) >= 11 is 0. The van der Waals surface area contributed by atoms with Crippen molar-refractivity contribution in [3.63, 3.8) is 0 Å². The van der Waals surface area contributed by atoms with Crippen molar-refractivity contribution >= 4 is 0 Å². The Morgan fingerprint density at radius 1 is 1.44 bits per heavy atom. The first-order valence-corrected chi connectivity index (χ1v) is 7.17. The lowest BCUT2D eigenvalue weighted by molar-refractivity contribution is -0.0868. The number of nitrogens with one attached hydrogen (secondary N) is 1. The summed E-state index contributed by atoms with van der Waals surface area (Å²) in [5.74, 6) is 0. The van der Waals surface area contributed by atoms with Crippen LogP contribution in [0.25, 0.3) is 0 Å². The Morgan fingerprint density at radius 2 is 2.22 bits per heavy atom. The number of rotatable bonds is 3. The molecule has 1 saturated carbocycles. The van der Waals surface area contributed by atoms with Crippen LogP contribution in [-0.2, 0) is 4.74 Å². The summed E-state index contributed by atoms with van der Waals surface area (Å²) in [6, 6.07) is 0.567. The standard InChI is InChI=1S/C14H28N2O2/c1-13(2)11-18-8-7-16(13)12-5-4-6-14(9-12,10-17)15-3/h12,15,17H,4-11H2,1-3H3. The average Bonchev–Trinajstić information content (AvgIpc) is 2.38. The molecule has 0 spiro atoms. The fraction of sp³-hybridized carbons (Fsp3) is 1.00. The molecular weight excluding hydrogens is 228 g/mol. The Bertz CT molecular complexity index is 277. The van der Waals surface area contributed by atoms with Gasteiger partial charge in [0.15, 0.2) is 0 Å². The molecule has 0 amide bonds. The van der Waals surface area contributed by atoms with Gasteiger partial charge in [0.1, 0.15) is 0 Å². The van der Waals surface area contributed by atoms with E-state index in [4.69, 9.17) is 4.74 Å². The third-order valence-electron chi connectivity index (χ3n) is 4.80. The number of ether oxygens (including phenoxy) is 1. The van der Waals surface area contributed by atoms with Gasteiger partial charge in [0.05, 0.1) is 19.8 Å². The van der Waals surface area contributed by atoms with Crippen LogP contribution in [0.4, 0.5) is 0 Å². The number of likely N-dealkylation sites (N-methyl/N-ethyl adjacent to an activating group) is 1. The molecule has 4 nitrogen and oxygen atoms in total. The summed E-state index contributed by atoms with van der Waals surface area (Å²) in [5, 5.41) is 13.0. The van der Waals surface area contributed by atoms with Crippen LogP contribution in [0.15, 0.2) is 0 Å². The average molecular weight is 256 g/mol. The second kappa shape index (κ2) is 5.45. The normalized spacial score (nSPS) is 37.7. The van der Waals surface area contributed by atoms with Gasteiger partial charge in [-0.25, -0.2) is 0 Å². The van der Waals surface area contributed by atoms with Crippen LogP contribution >= 0.6 is 0 Å². The van der Waals surface area contributed by atoms with Crippen molar-refractivity contribution in [2.45, 2.75) is 56.7 Å². The highest BCUT2D eigenvalue weighted by atomic mass is 16.5. The molecule has 2 rings (SSSR count). The Labute approximate surface area is 111 Å². The SMILES string of the molecule is CNC1(CO)CCCC(N2CCOCC2(C)C)C1. The molecule has 0 aromatic heterocycles. The largest absolute Gasteiger partial charge is 0.394 e. The number of morpholine rings is 1. The van der Waals surface area contributed by atoms with Crippen molar-refractivity contribution in [2.75, 3.05) is 33.4 Å². The van der Waals surface area contributed by atoms with Crippen LogP contribution in [0.3, 0.4) is 0 Å². The van der Waals surface area contributed by atoms with E-state index in [1.54, 1.807) is 0 Å². The molecule has 2 atom stereocenters. The van der Waals surface area contributed by atoms with Crippen molar-refractivity contribution in [1.29, 1.82) is 0 Å². The van der Waals surface area contributed by atoms with Crippen molar-refractivity contribution in [3.8, 4) is 0 Å². The van der Waals surface area contributed by atoms with Crippen molar-refractivity contribution in [3.05, 3.63) is 0 Å². The molecule has 0 bridgehead atoms. The molecule has 0 aromatic carbocycles. The molecule has 2 unspecified atom stereocenters. The quantitative estimate of drug-likeness (QED) is 0.790. The summed E-state index contributed by atoms with van der Waals surface area (Å²) in [6.07, 6.45) is 4.57. The fourth-order valence-corrected chi connectivity index (χ4v) is 3.59. The molecule has 0 aromatic rings. The Morgan fingerprint density at radius 3 is 2.83 bits per heavy atom. The highest BCUT2D eigenvalue weighted by Gasteiger charge is 2.42. The summed E-state index contributed by atoms with van der Waals surface area (Å²) in [7, 11) is 1.98. The van der Waals surface area contributed by atoms with E-state index in [1.165, 1.54) is 12.8 Å². The molecule has 0 radical (unpaired) electrons. The van der Waals surface area contributed by atoms with Gasteiger partial charge < -0.3 is 15.2 Å². The number of aliphatic hydroxyl groups is 1. The minimum atomic E-state index is -0.0721.